The number of nitrogens with one attached hydrogen (secondary N) is 1. The largest absolute Gasteiger partial charge is 0.307 e. The van der Waals surface area contributed by atoms with Crippen LogP contribution in [0.5, 0.6) is 0 Å². The Kier molecular flexibility index (Phi) is 5.06. The van der Waals surface area contributed by atoms with Crippen LogP contribution in [0.1, 0.15) is 50.3 Å². The molecule has 1 aliphatic carbocycles. The molecule has 0 spiro atoms. The van der Waals surface area contributed by atoms with Crippen molar-refractivity contribution in [3.8, 4) is 5.82 Å². The highest BCUT2D eigenvalue weighted by Crippen LogP contribution is 2.28. The fraction of sp³-hybridized carbons (Fsp3) is 0.421. The summed E-state index contributed by atoms with van der Waals surface area (Å²) in [6.45, 7) is 2.18. The van der Waals surface area contributed by atoms with Gasteiger partial charge in [-0.3, -0.25) is 9.78 Å². The van der Waals surface area contributed by atoms with E-state index < -0.39 is 0 Å². The van der Waals surface area contributed by atoms with Crippen molar-refractivity contribution in [3.63, 3.8) is 0 Å². The maximum atomic E-state index is 12.3. The van der Waals surface area contributed by atoms with E-state index in [-0.39, 0.29) is 17.6 Å². The summed E-state index contributed by atoms with van der Waals surface area (Å²) in [6, 6.07) is 8.17. The number of rotatable bonds is 5. The van der Waals surface area contributed by atoms with Crippen molar-refractivity contribution in [3.05, 3.63) is 65.2 Å². The van der Waals surface area contributed by atoms with Crippen LogP contribution in [0, 0.1) is 0 Å². The normalized spacial score (nSPS) is 21.1. The minimum atomic E-state index is -0.0690. The number of pyridine rings is 1. The predicted molar refractivity (Wildman–Crippen MR) is 100 cm³/mol. The third kappa shape index (κ3) is 3.95. The minimum Gasteiger partial charge on any atom is -0.307 e. The molecule has 8 nitrogen and oxygen atoms in total. The quantitative estimate of drug-likeness (QED) is 0.744. The van der Waals surface area contributed by atoms with E-state index >= 15 is 0 Å². The van der Waals surface area contributed by atoms with Gasteiger partial charge < -0.3 is 5.32 Å². The first-order chi connectivity index (χ1) is 13.2. The van der Waals surface area contributed by atoms with E-state index in [1.54, 1.807) is 27.8 Å². The highest BCUT2D eigenvalue weighted by Gasteiger charge is 2.25. The molecule has 1 fully saturated rings. The van der Waals surface area contributed by atoms with E-state index in [4.69, 9.17) is 0 Å². The fourth-order valence-electron chi connectivity index (χ4n) is 3.71. The summed E-state index contributed by atoms with van der Waals surface area (Å²) >= 11 is 0. The summed E-state index contributed by atoms with van der Waals surface area (Å²) in [6.07, 6.45) is 10.6. The average molecular weight is 365 g/mol. The molecule has 0 saturated heterocycles. The molecule has 1 aliphatic rings. The Balaban J connectivity index is 1.41. The molecule has 1 atom stereocenters. The van der Waals surface area contributed by atoms with Crippen LogP contribution in [-0.4, -0.2) is 35.6 Å². The van der Waals surface area contributed by atoms with Crippen molar-refractivity contribution in [2.45, 2.75) is 50.7 Å². The van der Waals surface area contributed by atoms with Crippen LogP contribution in [0.3, 0.4) is 0 Å². The lowest BCUT2D eigenvalue weighted by molar-refractivity contribution is 0.258. The lowest BCUT2D eigenvalue weighted by Crippen LogP contribution is -2.38. The Labute approximate surface area is 157 Å². The van der Waals surface area contributed by atoms with Gasteiger partial charge in [0, 0.05) is 30.5 Å². The molecule has 0 aromatic carbocycles. The van der Waals surface area contributed by atoms with Gasteiger partial charge in [-0.05, 0) is 56.4 Å². The Morgan fingerprint density at radius 2 is 1.85 bits per heavy atom. The molecule has 4 rings (SSSR count). The van der Waals surface area contributed by atoms with Crippen molar-refractivity contribution in [1.82, 2.24) is 34.8 Å². The summed E-state index contributed by atoms with van der Waals surface area (Å²) in [7, 11) is 0. The third-order valence-electron chi connectivity index (χ3n) is 5.20. The predicted octanol–water partition coefficient (Wildman–Crippen LogP) is 2.05. The standard InChI is InChI=1S/C19H23N7O/c1-14(15-8-10-20-11-9-15)23-16-2-4-17(5-3-16)26-19(27)7-6-18(24-26)25-13-21-12-22-25/h6-14,16-17,23H,2-5H2,1H3. The van der Waals surface area contributed by atoms with Crippen LogP contribution in [-0.2, 0) is 0 Å². The molecule has 0 bridgehead atoms. The van der Waals surface area contributed by atoms with E-state index in [0.29, 0.717) is 11.9 Å². The molecular weight excluding hydrogens is 342 g/mol. The van der Waals surface area contributed by atoms with Crippen LogP contribution in [0.25, 0.3) is 5.82 Å². The summed E-state index contributed by atoms with van der Waals surface area (Å²) in [4.78, 5) is 20.3. The number of hydrogen-bond donors (Lipinski definition) is 1. The zero-order valence-corrected chi connectivity index (χ0v) is 15.3. The van der Waals surface area contributed by atoms with Gasteiger partial charge >= 0.3 is 0 Å². The van der Waals surface area contributed by atoms with E-state index in [2.05, 4.69) is 32.4 Å². The van der Waals surface area contributed by atoms with Crippen LogP contribution >= 0.6 is 0 Å². The maximum absolute atomic E-state index is 12.3. The highest BCUT2D eigenvalue weighted by molar-refractivity contribution is 5.17. The molecule has 27 heavy (non-hydrogen) atoms. The van der Waals surface area contributed by atoms with Gasteiger partial charge in [0.15, 0.2) is 5.82 Å². The first-order valence-corrected chi connectivity index (χ1v) is 9.31. The van der Waals surface area contributed by atoms with E-state index in [0.717, 1.165) is 25.7 Å². The number of nitrogens with zero attached hydrogens (tertiary/aromatic N) is 6. The summed E-state index contributed by atoms with van der Waals surface area (Å²) < 4.78 is 3.18. The van der Waals surface area contributed by atoms with Gasteiger partial charge in [0.1, 0.15) is 12.7 Å². The Hall–Kier alpha value is -2.87. The van der Waals surface area contributed by atoms with Gasteiger partial charge in [-0.1, -0.05) is 0 Å². The monoisotopic (exact) mass is 365 g/mol. The van der Waals surface area contributed by atoms with Gasteiger partial charge in [0.2, 0.25) is 0 Å². The van der Waals surface area contributed by atoms with Gasteiger partial charge in [-0.25, -0.2) is 14.3 Å². The fourth-order valence-corrected chi connectivity index (χ4v) is 3.71. The topological polar surface area (TPSA) is 90.5 Å². The smallest absolute Gasteiger partial charge is 0.267 e. The molecule has 3 aromatic rings. The molecule has 3 heterocycles. The summed E-state index contributed by atoms with van der Waals surface area (Å²) in [5.41, 5.74) is 1.17. The first kappa shape index (κ1) is 17.5. The van der Waals surface area contributed by atoms with Crippen molar-refractivity contribution < 1.29 is 0 Å². The van der Waals surface area contributed by atoms with Crippen LogP contribution in [0.15, 0.2) is 54.1 Å². The zero-order chi connectivity index (χ0) is 18.6. The maximum Gasteiger partial charge on any atom is 0.267 e. The Morgan fingerprint density at radius 1 is 1.07 bits per heavy atom. The van der Waals surface area contributed by atoms with Crippen molar-refractivity contribution >= 4 is 0 Å². The summed E-state index contributed by atoms with van der Waals surface area (Å²) in [5, 5.41) is 12.3. The third-order valence-corrected chi connectivity index (χ3v) is 5.20. The average Bonchev–Trinajstić information content (AvgIpc) is 3.25. The van der Waals surface area contributed by atoms with Crippen molar-refractivity contribution in [2.24, 2.45) is 0 Å². The molecule has 3 aromatic heterocycles. The second-order valence-corrected chi connectivity index (χ2v) is 6.99. The number of hydrogen-bond acceptors (Lipinski definition) is 6. The van der Waals surface area contributed by atoms with Crippen LogP contribution in [0.4, 0.5) is 0 Å². The molecule has 1 saturated carbocycles. The van der Waals surface area contributed by atoms with Crippen LogP contribution < -0.4 is 10.9 Å². The molecular formula is C19H23N7O. The SMILES string of the molecule is CC(NC1CCC(n2nc(-n3cncn3)ccc2=O)CC1)c1ccncc1. The molecule has 0 radical (unpaired) electrons. The zero-order valence-electron chi connectivity index (χ0n) is 15.3. The van der Waals surface area contributed by atoms with Gasteiger partial charge in [-0.15, -0.1) is 5.10 Å². The second kappa shape index (κ2) is 7.79. The summed E-state index contributed by atoms with van der Waals surface area (Å²) in [5.74, 6) is 0.610. The molecule has 1 unspecified atom stereocenters. The Morgan fingerprint density at radius 3 is 2.56 bits per heavy atom. The molecule has 140 valence electrons. The van der Waals surface area contributed by atoms with E-state index in [9.17, 15) is 4.79 Å². The second-order valence-electron chi connectivity index (χ2n) is 6.99. The lowest BCUT2D eigenvalue weighted by Gasteiger charge is -2.31. The van der Waals surface area contributed by atoms with E-state index in [1.165, 1.54) is 11.9 Å². The van der Waals surface area contributed by atoms with Crippen molar-refractivity contribution in [1.29, 1.82) is 0 Å². The van der Waals surface area contributed by atoms with E-state index in [1.807, 2.05) is 24.5 Å². The highest BCUT2D eigenvalue weighted by atomic mass is 16.1. The minimum absolute atomic E-state index is 0.0690. The first-order valence-electron chi connectivity index (χ1n) is 9.31. The molecule has 0 aliphatic heterocycles. The molecule has 0 amide bonds. The van der Waals surface area contributed by atoms with Crippen LogP contribution in [0.2, 0.25) is 0 Å². The Bertz CT molecular complexity index is 915. The lowest BCUT2D eigenvalue weighted by atomic mass is 9.90. The van der Waals surface area contributed by atoms with Crippen molar-refractivity contribution in [2.75, 3.05) is 0 Å². The van der Waals surface area contributed by atoms with Gasteiger partial charge in [0.25, 0.3) is 5.56 Å². The van der Waals surface area contributed by atoms with Gasteiger partial charge in [-0.2, -0.15) is 5.10 Å². The number of aromatic nitrogens is 6. The molecule has 8 heteroatoms. The molecule has 1 N–H and O–H groups in total. The van der Waals surface area contributed by atoms with Gasteiger partial charge in [0.05, 0.1) is 6.04 Å².